The summed E-state index contributed by atoms with van der Waals surface area (Å²) >= 11 is 6.70. The Labute approximate surface area is 180 Å². The third-order valence-electron chi connectivity index (χ3n) is 6.27. The molecule has 2 aliphatic heterocycles. The Morgan fingerprint density at radius 1 is 1.27 bits per heavy atom. The zero-order chi connectivity index (χ0) is 21.0. The van der Waals surface area contributed by atoms with E-state index in [-0.39, 0.29) is 18.1 Å². The maximum absolute atomic E-state index is 13.1. The maximum Gasteiger partial charge on any atom is 0.258 e. The first-order valence-electron chi connectivity index (χ1n) is 10.2. The Balaban J connectivity index is 1.47. The highest BCUT2D eigenvalue weighted by atomic mass is 35.5. The van der Waals surface area contributed by atoms with Crippen LogP contribution in [0.2, 0.25) is 5.02 Å². The molecule has 0 aliphatic carbocycles. The monoisotopic (exact) mass is 422 g/mol. The minimum absolute atomic E-state index is 0.00609. The van der Waals surface area contributed by atoms with Crippen molar-refractivity contribution in [1.29, 1.82) is 0 Å². The molecule has 1 amide bonds. The van der Waals surface area contributed by atoms with Crippen LogP contribution in [0.3, 0.4) is 0 Å². The lowest BCUT2D eigenvalue weighted by Crippen LogP contribution is -2.36. The van der Waals surface area contributed by atoms with Crippen molar-refractivity contribution in [2.24, 2.45) is 7.05 Å². The van der Waals surface area contributed by atoms with Crippen molar-refractivity contribution in [2.45, 2.75) is 38.8 Å². The fourth-order valence-electron chi connectivity index (χ4n) is 4.39. The molecule has 0 radical (unpaired) electrons. The van der Waals surface area contributed by atoms with E-state index in [2.05, 4.69) is 22.4 Å². The summed E-state index contributed by atoms with van der Waals surface area (Å²) in [6.45, 7) is 4.77. The molecular formula is C23H23ClN4O2. The lowest BCUT2D eigenvalue weighted by molar-refractivity contribution is 0.0730. The standard InChI is InChI=1S/C23H23ClN4O2/c1-13-17(10-15-4-6-16(7-5-15)19-12-27(3)26-25-19)11-18-22(21(13)24)30-20-8-9-28(14(20)2)23(18)29/h4-7,11-12,14,20H,8-10H2,1-3H3/t14-,20+/m1/s1. The van der Waals surface area contributed by atoms with E-state index >= 15 is 0 Å². The molecule has 2 aliphatic rings. The molecule has 30 heavy (non-hydrogen) atoms. The van der Waals surface area contributed by atoms with Crippen molar-refractivity contribution < 1.29 is 9.53 Å². The molecule has 2 bridgehead atoms. The van der Waals surface area contributed by atoms with E-state index in [1.807, 2.05) is 50.2 Å². The molecule has 6 nitrogen and oxygen atoms in total. The lowest BCUT2D eigenvalue weighted by Gasteiger charge is -2.20. The van der Waals surface area contributed by atoms with Crippen LogP contribution in [0.4, 0.5) is 0 Å². The number of amides is 1. The Hall–Kier alpha value is -2.86. The molecule has 2 aromatic carbocycles. The van der Waals surface area contributed by atoms with Crippen molar-refractivity contribution in [3.63, 3.8) is 0 Å². The van der Waals surface area contributed by atoms with E-state index in [4.69, 9.17) is 16.3 Å². The summed E-state index contributed by atoms with van der Waals surface area (Å²) in [4.78, 5) is 15.1. The van der Waals surface area contributed by atoms with Crippen LogP contribution in [0.25, 0.3) is 11.3 Å². The lowest BCUT2D eigenvalue weighted by atomic mass is 9.96. The number of aryl methyl sites for hydroxylation is 1. The van der Waals surface area contributed by atoms with Gasteiger partial charge in [0.05, 0.1) is 22.8 Å². The van der Waals surface area contributed by atoms with Crippen molar-refractivity contribution in [2.75, 3.05) is 6.54 Å². The van der Waals surface area contributed by atoms with Gasteiger partial charge in [0.25, 0.3) is 5.91 Å². The molecule has 0 saturated carbocycles. The molecule has 154 valence electrons. The van der Waals surface area contributed by atoms with Crippen molar-refractivity contribution >= 4 is 17.5 Å². The van der Waals surface area contributed by atoms with E-state index in [0.29, 0.717) is 22.8 Å². The predicted octanol–water partition coefficient (Wildman–Crippen LogP) is 4.03. The first-order valence-corrected chi connectivity index (χ1v) is 10.6. The molecule has 3 heterocycles. The van der Waals surface area contributed by atoms with E-state index in [1.54, 1.807) is 4.68 Å². The van der Waals surface area contributed by atoms with E-state index in [0.717, 1.165) is 40.9 Å². The van der Waals surface area contributed by atoms with E-state index in [9.17, 15) is 4.79 Å². The molecule has 7 heteroatoms. The van der Waals surface area contributed by atoms with Crippen LogP contribution in [0, 0.1) is 6.92 Å². The average Bonchev–Trinajstić information content (AvgIpc) is 3.30. The van der Waals surface area contributed by atoms with Crippen molar-refractivity contribution in [1.82, 2.24) is 19.9 Å². The summed E-state index contributed by atoms with van der Waals surface area (Å²) in [5, 5.41) is 8.69. The summed E-state index contributed by atoms with van der Waals surface area (Å²) < 4.78 is 7.89. The topological polar surface area (TPSA) is 60.2 Å². The van der Waals surface area contributed by atoms with Crippen molar-refractivity contribution in [3.8, 4) is 17.0 Å². The summed E-state index contributed by atoms with van der Waals surface area (Å²) in [5.41, 5.74) is 5.57. The number of hydrogen-bond acceptors (Lipinski definition) is 4. The van der Waals surface area contributed by atoms with Gasteiger partial charge in [-0.25, -0.2) is 0 Å². The van der Waals surface area contributed by atoms with Gasteiger partial charge in [-0.3, -0.25) is 9.48 Å². The van der Waals surface area contributed by atoms with Gasteiger partial charge in [-0.2, -0.15) is 0 Å². The fourth-order valence-corrected chi connectivity index (χ4v) is 4.66. The number of rotatable bonds is 3. The third-order valence-corrected chi connectivity index (χ3v) is 6.72. The van der Waals surface area contributed by atoms with Crippen molar-refractivity contribution in [3.05, 3.63) is 63.8 Å². The highest BCUT2D eigenvalue weighted by molar-refractivity contribution is 6.33. The van der Waals surface area contributed by atoms with Crippen LogP contribution in [-0.4, -0.2) is 44.5 Å². The number of benzene rings is 2. The Bertz CT molecular complexity index is 1140. The Morgan fingerprint density at radius 2 is 2.03 bits per heavy atom. The number of halogens is 1. The molecule has 0 N–H and O–H groups in total. The minimum Gasteiger partial charge on any atom is -0.486 e. The minimum atomic E-state index is 0.00609. The molecular weight excluding hydrogens is 400 g/mol. The summed E-state index contributed by atoms with van der Waals surface area (Å²) in [5.74, 6) is 0.554. The smallest absolute Gasteiger partial charge is 0.258 e. The van der Waals surface area contributed by atoms with Gasteiger partial charge in [0.15, 0.2) is 5.75 Å². The number of carbonyl (C=O) groups is 1. The van der Waals surface area contributed by atoms with Crippen LogP contribution in [0.15, 0.2) is 36.5 Å². The van der Waals surface area contributed by atoms with Crippen LogP contribution in [-0.2, 0) is 13.5 Å². The predicted molar refractivity (Wildman–Crippen MR) is 115 cm³/mol. The van der Waals surface area contributed by atoms with Gasteiger partial charge in [0.2, 0.25) is 0 Å². The number of carbonyl (C=O) groups excluding carboxylic acids is 1. The second-order valence-corrected chi connectivity index (χ2v) is 8.56. The van der Waals surface area contributed by atoms with Gasteiger partial charge in [0, 0.05) is 25.6 Å². The highest BCUT2D eigenvalue weighted by Gasteiger charge is 2.41. The maximum atomic E-state index is 13.1. The normalized spacial score (nSPS) is 20.1. The SMILES string of the molecule is Cc1c(Cc2ccc(-c3cn(C)nn3)cc2)cc2c(c1Cl)O[C@H]1CCN(C2=O)[C@@H]1C. The van der Waals surface area contributed by atoms with Gasteiger partial charge in [-0.15, -0.1) is 5.10 Å². The van der Waals surface area contributed by atoms with Gasteiger partial charge < -0.3 is 9.64 Å². The van der Waals surface area contributed by atoms with Crippen LogP contribution in [0.1, 0.15) is 40.4 Å². The first kappa shape index (κ1) is 19.1. The van der Waals surface area contributed by atoms with Gasteiger partial charge >= 0.3 is 0 Å². The molecule has 1 aromatic heterocycles. The largest absolute Gasteiger partial charge is 0.486 e. The molecule has 1 fully saturated rings. The number of fused-ring (bicyclic) bond motifs is 3. The third kappa shape index (κ3) is 3.06. The zero-order valence-corrected chi connectivity index (χ0v) is 18.0. The molecule has 0 unspecified atom stereocenters. The van der Waals surface area contributed by atoms with E-state index in [1.165, 1.54) is 0 Å². The summed E-state index contributed by atoms with van der Waals surface area (Å²) in [6.07, 6.45) is 3.43. The van der Waals surface area contributed by atoms with Crippen LogP contribution >= 0.6 is 11.6 Å². The number of hydrogen-bond donors (Lipinski definition) is 0. The fraction of sp³-hybridized carbons (Fsp3) is 0.348. The van der Waals surface area contributed by atoms with Gasteiger partial charge in [0.1, 0.15) is 11.8 Å². The molecule has 3 aromatic rings. The molecule has 2 atom stereocenters. The van der Waals surface area contributed by atoms with Gasteiger partial charge in [-0.05, 0) is 43.0 Å². The second-order valence-electron chi connectivity index (χ2n) is 8.19. The molecule has 1 saturated heterocycles. The Kier molecular flexibility index (Phi) is 4.54. The second kappa shape index (κ2) is 7.13. The summed E-state index contributed by atoms with van der Waals surface area (Å²) in [7, 11) is 1.85. The van der Waals surface area contributed by atoms with E-state index < -0.39 is 0 Å². The molecule has 5 rings (SSSR count). The average molecular weight is 423 g/mol. The highest BCUT2D eigenvalue weighted by Crippen LogP contribution is 2.41. The van der Waals surface area contributed by atoms with Crippen LogP contribution in [0.5, 0.6) is 5.75 Å². The number of aromatic nitrogens is 3. The quantitative estimate of drug-likeness (QED) is 0.639. The Morgan fingerprint density at radius 3 is 2.73 bits per heavy atom. The first-order chi connectivity index (χ1) is 14.4. The molecule has 0 spiro atoms. The summed E-state index contributed by atoms with van der Waals surface area (Å²) in [6, 6.07) is 10.3. The number of nitrogens with zero attached hydrogens (tertiary/aromatic N) is 4. The van der Waals surface area contributed by atoms with Crippen LogP contribution < -0.4 is 4.74 Å². The number of ether oxygens (including phenoxy) is 1. The van der Waals surface area contributed by atoms with Gasteiger partial charge in [-0.1, -0.05) is 41.1 Å². The zero-order valence-electron chi connectivity index (χ0n) is 17.2.